The van der Waals surface area contributed by atoms with Crippen molar-refractivity contribution in [3.8, 4) is 5.75 Å². The largest absolute Gasteiger partial charge is 0.497 e. The Morgan fingerprint density at radius 3 is 2.42 bits per heavy atom. The topological polar surface area (TPSA) is 61.4 Å². The lowest BCUT2D eigenvalue weighted by molar-refractivity contribution is -0.0284. The van der Waals surface area contributed by atoms with Crippen LogP contribution in [0.25, 0.3) is 0 Å². The Labute approximate surface area is 217 Å². The van der Waals surface area contributed by atoms with E-state index in [0.29, 0.717) is 11.8 Å². The molecule has 7 nitrogen and oxygen atoms in total. The summed E-state index contributed by atoms with van der Waals surface area (Å²) in [6.07, 6.45) is 2.66. The third-order valence-electron chi connectivity index (χ3n) is 6.40. The maximum Gasteiger partial charge on any atom is 0.191 e. The molecule has 1 unspecified atom stereocenters. The number of halogens is 1. The van der Waals surface area contributed by atoms with E-state index in [4.69, 9.17) is 9.47 Å². The number of ether oxygens (including phenoxy) is 2. The molecule has 0 amide bonds. The molecule has 1 aromatic carbocycles. The van der Waals surface area contributed by atoms with Gasteiger partial charge in [-0.05, 0) is 55.5 Å². The van der Waals surface area contributed by atoms with Crippen LogP contribution in [0.4, 0.5) is 0 Å². The van der Waals surface area contributed by atoms with E-state index in [0.717, 1.165) is 70.7 Å². The Morgan fingerprint density at radius 2 is 1.79 bits per heavy atom. The Morgan fingerprint density at radius 1 is 1.09 bits per heavy atom. The molecule has 1 atom stereocenters. The van der Waals surface area contributed by atoms with Crippen LogP contribution in [0.1, 0.15) is 32.3 Å². The lowest BCUT2D eigenvalue weighted by atomic mass is 9.96. The van der Waals surface area contributed by atoms with Gasteiger partial charge in [-0.1, -0.05) is 26.0 Å². The molecule has 2 saturated heterocycles. The van der Waals surface area contributed by atoms with Gasteiger partial charge in [-0.3, -0.25) is 14.8 Å². The Balaban J connectivity index is 0.00000385. The van der Waals surface area contributed by atoms with Gasteiger partial charge in [-0.2, -0.15) is 0 Å². The quantitative estimate of drug-likeness (QED) is 0.269. The van der Waals surface area contributed by atoms with Crippen LogP contribution in [-0.4, -0.2) is 88.4 Å². The molecular formula is C25H44IN5O2. The Hall–Kier alpha value is -1.10. The minimum absolute atomic E-state index is 0. The van der Waals surface area contributed by atoms with Crippen LogP contribution in [0, 0.1) is 11.8 Å². The number of methoxy groups -OCH3 is 1. The minimum atomic E-state index is 0. The van der Waals surface area contributed by atoms with Crippen molar-refractivity contribution < 1.29 is 9.47 Å². The van der Waals surface area contributed by atoms with Crippen molar-refractivity contribution in [3.05, 3.63) is 29.8 Å². The first-order valence-electron chi connectivity index (χ1n) is 12.2. The van der Waals surface area contributed by atoms with E-state index >= 15 is 0 Å². The smallest absolute Gasteiger partial charge is 0.191 e. The van der Waals surface area contributed by atoms with Gasteiger partial charge < -0.3 is 20.1 Å². The number of morpholine rings is 1. The van der Waals surface area contributed by atoms with E-state index in [1.54, 1.807) is 7.11 Å². The monoisotopic (exact) mass is 573 g/mol. The van der Waals surface area contributed by atoms with Crippen LogP contribution in [0.5, 0.6) is 5.75 Å². The number of rotatable bonds is 9. The molecule has 0 bridgehead atoms. The number of nitrogens with zero attached hydrogens (tertiary/aromatic N) is 3. The summed E-state index contributed by atoms with van der Waals surface area (Å²) >= 11 is 0. The van der Waals surface area contributed by atoms with Gasteiger partial charge in [0.25, 0.3) is 0 Å². The highest BCUT2D eigenvalue weighted by molar-refractivity contribution is 14.0. The van der Waals surface area contributed by atoms with Crippen molar-refractivity contribution in [1.82, 2.24) is 20.4 Å². The van der Waals surface area contributed by atoms with Crippen LogP contribution in [0.2, 0.25) is 0 Å². The number of likely N-dealkylation sites (tertiary alicyclic amines) is 1. The third-order valence-corrected chi connectivity index (χ3v) is 6.40. The summed E-state index contributed by atoms with van der Waals surface area (Å²) in [5.74, 6) is 3.19. The number of aliphatic imine (C=N–C) groups is 1. The molecule has 2 fully saturated rings. The average molecular weight is 574 g/mol. The van der Waals surface area contributed by atoms with E-state index in [1.165, 1.54) is 18.4 Å². The van der Waals surface area contributed by atoms with Gasteiger partial charge >= 0.3 is 0 Å². The lowest BCUT2D eigenvalue weighted by Gasteiger charge is -2.34. The van der Waals surface area contributed by atoms with Gasteiger partial charge in [-0.25, -0.2) is 0 Å². The number of benzene rings is 1. The van der Waals surface area contributed by atoms with Crippen LogP contribution >= 0.6 is 24.0 Å². The highest BCUT2D eigenvalue weighted by Crippen LogP contribution is 2.19. The molecule has 2 heterocycles. The van der Waals surface area contributed by atoms with Gasteiger partial charge in [0, 0.05) is 46.3 Å². The second-order valence-electron chi connectivity index (χ2n) is 9.55. The molecule has 8 heteroatoms. The summed E-state index contributed by atoms with van der Waals surface area (Å²) in [4.78, 5) is 9.47. The molecule has 2 aliphatic rings. The normalized spacial score (nSPS) is 21.0. The first kappa shape index (κ1) is 28.1. The first-order chi connectivity index (χ1) is 15.6. The SMILES string of the molecule is CN=C(NCC1CCN(Cc2ccc(OC)cc2)CC1)NCC1CN(CC(C)C)CCO1.I. The van der Waals surface area contributed by atoms with Gasteiger partial charge in [0.05, 0.1) is 19.8 Å². The lowest BCUT2D eigenvalue weighted by Crippen LogP contribution is -2.50. The van der Waals surface area contributed by atoms with Gasteiger partial charge in [0.15, 0.2) is 5.96 Å². The third kappa shape index (κ3) is 9.96. The van der Waals surface area contributed by atoms with Crippen molar-refractivity contribution >= 4 is 29.9 Å². The molecule has 0 aromatic heterocycles. The predicted molar refractivity (Wildman–Crippen MR) is 147 cm³/mol. The molecule has 0 spiro atoms. The summed E-state index contributed by atoms with van der Waals surface area (Å²) in [6, 6.07) is 8.43. The van der Waals surface area contributed by atoms with Crippen molar-refractivity contribution in [3.63, 3.8) is 0 Å². The predicted octanol–water partition coefficient (Wildman–Crippen LogP) is 3.05. The number of hydrogen-bond acceptors (Lipinski definition) is 5. The Bertz CT molecular complexity index is 693. The number of piperidine rings is 1. The van der Waals surface area contributed by atoms with E-state index in [9.17, 15) is 0 Å². The van der Waals surface area contributed by atoms with Crippen molar-refractivity contribution in [1.29, 1.82) is 0 Å². The van der Waals surface area contributed by atoms with E-state index in [1.807, 2.05) is 19.2 Å². The zero-order chi connectivity index (χ0) is 22.8. The van der Waals surface area contributed by atoms with Gasteiger partial charge in [-0.15, -0.1) is 24.0 Å². The van der Waals surface area contributed by atoms with Crippen molar-refractivity contribution in [2.75, 3.05) is 66.6 Å². The summed E-state index contributed by atoms with van der Waals surface area (Å²) < 4.78 is 11.2. The summed E-state index contributed by atoms with van der Waals surface area (Å²) in [6.45, 7) is 13.6. The number of nitrogens with one attached hydrogen (secondary N) is 2. The average Bonchev–Trinajstić information content (AvgIpc) is 2.80. The van der Waals surface area contributed by atoms with Crippen LogP contribution in [0.15, 0.2) is 29.3 Å². The maximum atomic E-state index is 5.95. The summed E-state index contributed by atoms with van der Waals surface area (Å²) in [5, 5.41) is 7.01. The van der Waals surface area contributed by atoms with E-state index in [2.05, 4.69) is 51.4 Å². The highest BCUT2D eigenvalue weighted by atomic mass is 127. The van der Waals surface area contributed by atoms with Gasteiger partial charge in [0.1, 0.15) is 5.75 Å². The molecule has 3 rings (SSSR count). The zero-order valence-corrected chi connectivity index (χ0v) is 23.2. The zero-order valence-electron chi connectivity index (χ0n) is 20.9. The van der Waals surface area contributed by atoms with Crippen molar-refractivity contribution in [2.45, 2.75) is 39.3 Å². The van der Waals surface area contributed by atoms with Crippen LogP contribution in [0.3, 0.4) is 0 Å². The summed E-state index contributed by atoms with van der Waals surface area (Å²) in [7, 11) is 3.56. The molecule has 2 aliphatic heterocycles. The fourth-order valence-corrected chi connectivity index (χ4v) is 4.60. The second-order valence-corrected chi connectivity index (χ2v) is 9.55. The molecule has 1 aromatic rings. The van der Waals surface area contributed by atoms with Crippen LogP contribution < -0.4 is 15.4 Å². The first-order valence-corrected chi connectivity index (χ1v) is 12.2. The fraction of sp³-hybridized carbons (Fsp3) is 0.720. The van der Waals surface area contributed by atoms with Crippen molar-refractivity contribution in [2.24, 2.45) is 16.8 Å². The molecule has 33 heavy (non-hydrogen) atoms. The number of guanidine groups is 1. The highest BCUT2D eigenvalue weighted by Gasteiger charge is 2.22. The molecule has 0 radical (unpaired) electrons. The molecular weight excluding hydrogens is 529 g/mol. The fourth-order valence-electron chi connectivity index (χ4n) is 4.60. The van der Waals surface area contributed by atoms with Crippen LogP contribution in [-0.2, 0) is 11.3 Å². The minimum Gasteiger partial charge on any atom is -0.497 e. The number of hydrogen-bond donors (Lipinski definition) is 2. The standard InChI is InChI=1S/C25H43N5O2.HI/c1-20(2)17-30-13-14-32-24(19-30)16-28-25(26-3)27-15-21-9-11-29(12-10-21)18-22-5-7-23(31-4)8-6-22;/h5-8,20-21,24H,9-19H2,1-4H3,(H2,26,27,28);1H. The Kier molecular flexibility index (Phi) is 12.8. The maximum absolute atomic E-state index is 5.95. The van der Waals surface area contributed by atoms with Gasteiger partial charge in [0.2, 0.25) is 0 Å². The molecule has 0 saturated carbocycles. The molecule has 0 aliphatic carbocycles. The second kappa shape index (κ2) is 15.0. The van der Waals surface area contributed by atoms with E-state index in [-0.39, 0.29) is 30.1 Å². The molecule has 188 valence electrons. The summed E-state index contributed by atoms with van der Waals surface area (Å²) in [5.41, 5.74) is 1.35. The van der Waals surface area contributed by atoms with E-state index < -0.39 is 0 Å². The molecule has 2 N–H and O–H groups in total.